The minimum Gasteiger partial charge on any atom is -0.459 e. The molecule has 0 saturated carbocycles. The molecule has 1 aromatic carbocycles. The van der Waals surface area contributed by atoms with Gasteiger partial charge in [0.2, 0.25) is 0 Å². The van der Waals surface area contributed by atoms with Crippen LogP contribution in [0.15, 0.2) is 24.3 Å². The molecule has 1 atom stereocenters. The number of benzene rings is 1. The number of nitrogens with one attached hydrogen (secondary N) is 1. The predicted octanol–water partition coefficient (Wildman–Crippen LogP) is 3.44. The molecular formula is C21H31ClN2O5S. The molecular weight excluding hydrogens is 428 g/mol. The lowest BCUT2D eigenvalue weighted by Crippen LogP contribution is -2.53. The van der Waals surface area contributed by atoms with Gasteiger partial charge in [-0.15, -0.1) is 0 Å². The Bertz CT molecular complexity index is 854. The Balaban J connectivity index is 2.01. The molecule has 1 N–H and O–H groups in total. The van der Waals surface area contributed by atoms with Crippen LogP contribution >= 0.6 is 11.6 Å². The molecule has 1 aliphatic rings. The molecule has 0 radical (unpaired) electrons. The van der Waals surface area contributed by atoms with E-state index in [0.717, 1.165) is 0 Å². The first kappa shape index (κ1) is 24.8. The van der Waals surface area contributed by atoms with Crippen molar-refractivity contribution >= 4 is 33.6 Å². The third-order valence-electron chi connectivity index (χ3n) is 4.90. The fourth-order valence-electron chi connectivity index (χ4n) is 3.26. The fraction of sp³-hybridized carbons (Fsp3) is 0.619. The van der Waals surface area contributed by atoms with Crippen LogP contribution < -0.4 is 4.72 Å². The van der Waals surface area contributed by atoms with Crippen molar-refractivity contribution in [3.05, 3.63) is 34.9 Å². The minimum atomic E-state index is -3.89. The van der Waals surface area contributed by atoms with E-state index in [4.69, 9.17) is 16.3 Å². The number of ether oxygens (including phenoxy) is 1. The Morgan fingerprint density at radius 3 is 2.13 bits per heavy atom. The number of halogens is 1. The van der Waals surface area contributed by atoms with Crippen LogP contribution in [0.2, 0.25) is 5.02 Å². The first-order chi connectivity index (χ1) is 13.8. The second-order valence-corrected chi connectivity index (χ2v) is 11.1. The number of hydrogen-bond donors (Lipinski definition) is 1. The second-order valence-electron chi connectivity index (χ2n) is 8.92. The van der Waals surface area contributed by atoms with Gasteiger partial charge in [0, 0.05) is 29.6 Å². The zero-order chi connectivity index (χ0) is 22.7. The van der Waals surface area contributed by atoms with Gasteiger partial charge in [0.05, 0.1) is 0 Å². The lowest BCUT2D eigenvalue weighted by Gasteiger charge is -2.33. The van der Waals surface area contributed by atoms with E-state index in [2.05, 4.69) is 4.72 Å². The van der Waals surface area contributed by atoms with Gasteiger partial charge in [0.15, 0.2) is 5.78 Å². The lowest BCUT2D eigenvalue weighted by atomic mass is 9.90. The molecule has 1 heterocycles. The molecule has 0 spiro atoms. The van der Waals surface area contributed by atoms with Crippen molar-refractivity contribution in [3.8, 4) is 0 Å². The van der Waals surface area contributed by atoms with Gasteiger partial charge < -0.3 is 4.74 Å². The van der Waals surface area contributed by atoms with Gasteiger partial charge in [-0.05, 0) is 63.8 Å². The summed E-state index contributed by atoms with van der Waals surface area (Å²) in [5, 5.41) is 0.559. The van der Waals surface area contributed by atoms with Gasteiger partial charge >= 0.3 is 5.97 Å². The quantitative estimate of drug-likeness (QED) is 0.499. The molecule has 1 fully saturated rings. The number of esters is 1. The summed E-state index contributed by atoms with van der Waals surface area (Å²) >= 11 is 5.87. The van der Waals surface area contributed by atoms with E-state index in [-0.39, 0.29) is 30.7 Å². The Labute approximate surface area is 184 Å². The van der Waals surface area contributed by atoms with Crippen LogP contribution in [-0.4, -0.2) is 49.2 Å². The van der Waals surface area contributed by atoms with Crippen molar-refractivity contribution in [1.82, 2.24) is 9.03 Å². The SMILES string of the molecule is CC(C)[C@@H](NS(=O)(=O)N1CCC(C(=O)c2ccc(Cl)cc2)CC1)C(=O)OC(C)(C)C. The number of piperidine rings is 1. The minimum absolute atomic E-state index is 0.00881. The van der Waals surface area contributed by atoms with E-state index >= 15 is 0 Å². The number of carbonyl (C=O) groups is 2. The summed E-state index contributed by atoms with van der Waals surface area (Å²) in [5.74, 6) is -1.14. The van der Waals surface area contributed by atoms with Crippen molar-refractivity contribution < 1.29 is 22.7 Å². The van der Waals surface area contributed by atoms with E-state index < -0.39 is 27.8 Å². The fourth-order valence-corrected chi connectivity index (χ4v) is 4.92. The Morgan fingerprint density at radius 1 is 1.13 bits per heavy atom. The molecule has 2 rings (SSSR count). The molecule has 9 heteroatoms. The molecule has 30 heavy (non-hydrogen) atoms. The molecule has 1 aromatic rings. The molecule has 1 aliphatic heterocycles. The first-order valence-electron chi connectivity index (χ1n) is 10.1. The van der Waals surface area contributed by atoms with Crippen molar-refractivity contribution in [3.63, 3.8) is 0 Å². The molecule has 0 amide bonds. The van der Waals surface area contributed by atoms with Crippen LogP contribution in [0.25, 0.3) is 0 Å². The largest absolute Gasteiger partial charge is 0.459 e. The van der Waals surface area contributed by atoms with Gasteiger partial charge in [-0.1, -0.05) is 25.4 Å². The zero-order valence-corrected chi connectivity index (χ0v) is 19.7. The Morgan fingerprint density at radius 2 is 1.67 bits per heavy atom. The van der Waals surface area contributed by atoms with Crippen LogP contribution in [0.5, 0.6) is 0 Å². The predicted molar refractivity (Wildman–Crippen MR) is 117 cm³/mol. The highest BCUT2D eigenvalue weighted by Crippen LogP contribution is 2.24. The van der Waals surface area contributed by atoms with Crippen molar-refractivity contribution in [2.75, 3.05) is 13.1 Å². The van der Waals surface area contributed by atoms with Crippen LogP contribution in [0, 0.1) is 11.8 Å². The van der Waals surface area contributed by atoms with Gasteiger partial charge in [-0.25, -0.2) is 0 Å². The average Bonchev–Trinajstić information content (AvgIpc) is 2.64. The summed E-state index contributed by atoms with van der Waals surface area (Å²) in [4.78, 5) is 25.1. The van der Waals surface area contributed by atoms with E-state index in [1.54, 1.807) is 58.9 Å². The van der Waals surface area contributed by atoms with E-state index in [9.17, 15) is 18.0 Å². The number of nitrogens with zero attached hydrogens (tertiary/aromatic N) is 1. The van der Waals surface area contributed by atoms with Crippen LogP contribution in [0.1, 0.15) is 57.8 Å². The summed E-state index contributed by atoms with van der Waals surface area (Å²) in [6, 6.07) is 5.72. The van der Waals surface area contributed by atoms with Gasteiger partial charge in [-0.2, -0.15) is 17.4 Å². The maximum Gasteiger partial charge on any atom is 0.325 e. The Hall–Kier alpha value is -1.48. The number of rotatable bonds is 7. The molecule has 0 bridgehead atoms. The summed E-state index contributed by atoms with van der Waals surface area (Å²) in [5.41, 5.74) is -0.139. The van der Waals surface area contributed by atoms with Crippen LogP contribution in [-0.2, 0) is 19.7 Å². The molecule has 0 unspecified atom stereocenters. The highest BCUT2D eigenvalue weighted by Gasteiger charge is 2.36. The molecule has 0 aromatic heterocycles. The average molecular weight is 459 g/mol. The smallest absolute Gasteiger partial charge is 0.325 e. The second kappa shape index (κ2) is 9.77. The molecule has 0 aliphatic carbocycles. The third kappa shape index (κ3) is 6.77. The van der Waals surface area contributed by atoms with Gasteiger partial charge in [-0.3, -0.25) is 9.59 Å². The van der Waals surface area contributed by atoms with Gasteiger partial charge in [0.25, 0.3) is 10.2 Å². The first-order valence-corrected chi connectivity index (χ1v) is 11.9. The summed E-state index contributed by atoms with van der Waals surface area (Å²) in [7, 11) is -3.89. The Kier molecular flexibility index (Phi) is 8.07. The topological polar surface area (TPSA) is 92.8 Å². The highest BCUT2D eigenvalue weighted by molar-refractivity contribution is 7.87. The highest BCUT2D eigenvalue weighted by atomic mass is 35.5. The number of hydrogen-bond acceptors (Lipinski definition) is 5. The van der Waals surface area contributed by atoms with Crippen molar-refractivity contribution in [2.24, 2.45) is 11.8 Å². The number of carbonyl (C=O) groups excluding carboxylic acids is 2. The molecule has 1 saturated heterocycles. The van der Waals surface area contributed by atoms with E-state index in [0.29, 0.717) is 23.4 Å². The maximum absolute atomic E-state index is 12.9. The maximum atomic E-state index is 12.9. The van der Waals surface area contributed by atoms with Gasteiger partial charge in [0.1, 0.15) is 11.6 Å². The summed E-state index contributed by atoms with van der Waals surface area (Å²) < 4.78 is 34.9. The standard InChI is InChI=1S/C21H31ClN2O5S/c1-14(2)18(20(26)29-21(3,4)5)23-30(27,28)24-12-10-16(11-13-24)19(25)15-6-8-17(22)9-7-15/h6-9,14,16,18,23H,10-13H2,1-5H3/t18-/m1/s1. The normalized spacial score (nSPS) is 17.7. The third-order valence-corrected chi connectivity index (χ3v) is 6.75. The number of ketones is 1. The number of Topliss-reactive ketones (excluding diaryl/α,β-unsaturated/α-hetero) is 1. The molecule has 7 nitrogen and oxygen atoms in total. The van der Waals surface area contributed by atoms with E-state index in [1.807, 2.05) is 0 Å². The van der Waals surface area contributed by atoms with Crippen molar-refractivity contribution in [1.29, 1.82) is 0 Å². The van der Waals surface area contributed by atoms with Crippen LogP contribution in [0.4, 0.5) is 0 Å². The molecule has 168 valence electrons. The monoisotopic (exact) mass is 458 g/mol. The van der Waals surface area contributed by atoms with Crippen LogP contribution in [0.3, 0.4) is 0 Å². The van der Waals surface area contributed by atoms with E-state index in [1.165, 1.54) is 4.31 Å². The van der Waals surface area contributed by atoms with Crippen molar-refractivity contribution in [2.45, 2.75) is 59.1 Å². The summed E-state index contributed by atoms with van der Waals surface area (Å²) in [6.07, 6.45) is 0.836. The lowest BCUT2D eigenvalue weighted by molar-refractivity contribution is -0.158. The zero-order valence-electron chi connectivity index (χ0n) is 18.1. The summed E-state index contributed by atoms with van der Waals surface area (Å²) in [6.45, 7) is 9.14.